The third kappa shape index (κ3) is 2.00. The van der Waals surface area contributed by atoms with Gasteiger partial charge < -0.3 is 4.74 Å². The largest absolute Gasteiger partial charge is 0.456 e. The van der Waals surface area contributed by atoms with Crippen molar-refractivity contribution < 1.29 is 4.74 Å². The van der Waals surface area contributed by atoms with Crippen LogP contribution in [0.15, 0.2) is 83.3 Å². The summed E-state index contributed by atoms with van der Waals surface area (Å²) in [7, 11) is 0. The molecule has 5 rings (SSSR count). The van der Waals surface area contributed by atoms with E-state index in [0.29, 0.717) is 0 Å². The van der Waals surface area contributed by atoms with Crippen LogP contribution in [0.1, 0.15) is 0 Å². The fraction of sp³-hybridized carbons (Fsp3) is 0. The summed E-state index contributed by atoms with van der Waals surface area (Å²) in [4.78, 5) is 0. The van der Waals surface area contributed by atoms with Crippen molar-refractivity contribution in [3.05, 3.63) is 83.3 Å². The number of ether oxygens (including phenoxy) is 1. The van der Waals surface area contributed by atoms with Gasteiger partial charge >= 0.3 is 0 Å². The number of hydrogen-bond donors (Lipinski definition) is 0. The minimum Gasteiger partial charge on any atom is -0.456 e. The Labute approximate surface area is 148 Å². The summed E-state index contributed by atoms with van der Waals surface area (Å²) in [6.45, 7) is 0. The first-order valence-corrected chi connectivity index (χ1v) is 8.69. The Bertz CT molecular complexity index is 1080. The van der Waals surface area contributed by atoms with E-state index in [4.69, 9.17) is 4.74 Å². The number of fused-ring (bicyclic) bond motifs is 2. The van der Waals surface area contributed by atoms with Crippen molar-refractivity contribution in [3.8, 4) is 33.8 Å². The molecule has 0 aliphatic carbocycles. The zero-order valence-electron chi connectivity index (χ0n) is 12.8. The molecule has 1 aliphatic rings. The zero-order chi connectivity index (χ0) is 16.1. The van der Waals surface area contributed by atoms with Gasteiger partial charge in [-0.3, -0.25) is 0 Å². The Morgan fingerprint density at radius 3 is 2.38 bits per heavy atom. The van der Waals surface area contributed by atoms with Crippen LogP contribution >= 0.6 is 15.9 Å². The Hall–Kier alpha value is -2.58. The molecule has 0 bridgehead atoms. The molecule has 0 unspecified atom stereocenters. The molecule has 1 aliphatic heterocycles. The van der Waals surface area contributed by atoms with Gasteiger partial charge in [0.05, 0.1) is 0 Å². The van der Waals surface area contributed by atoms with Crippen molar-refractivity contribution in [2.24, 2.45) is 0 Å². The molecule has 2 heteroatoms. The first-order chi connectivity index (χ1) is 11.8. The number of halogens is 1. The van der Waals surface area contributed by atoms with Crippen LogP contribution in [0.5, 0.6) is 11.5 Å². The molecule has 0 aromatic heterocycles. The van der Waals surface area contributed by atoms with Gasteiger partial charge in [-0.15, -0.1) is 0 Å². The zero-order valence-corrected chi connectivity index (χ0v) is 14.4. The van der Waals surface area contributed by atoms with E-state index >= 15 is 0 Å². The highest BCUT2D eigenvalue weighted by Gasteiger charge is 2.21. The van der Waals surface area contributed by atoms with Crippen LogP contribution in [0.4, 0.5) is 0 Å². The molecule has 0 spiro atoms. The molecule has 1 heterocycles. The molecule has 0 atom stereocenters. The molecule has 4 aromatic rings. The number of hydrogen-bond acceptors (Lipinski definition) is 1. The predicted molar refractivity (Wildman–Crippen MR) is 103 cm³/mol. The fourth-order valence-electron chi connectivity index (χ4n) is 3.41. The average Bonchev–Trinajstić information content (AvgIpc) is 2.65. The first-order valence-electron chi connectivity index (χ1n) is 7.90. The second kappa shape index (κ2) is 5.22. The Kier molecular flexibility index (Phi) is 3.00. The van der Waals surface area contributed by atoms with Crippen LogP contribution in [0.3, 0.4) is 0 Å². The maximum atomic E-state index is 6.25. The summed E-state index contributed by atoms with van der Waals surface area (Å²) in [6.07, 6.45) is 0. The van der Waals surface area contributed by atoms with Crippen molar-refractivity contribution in [2.45, 2.75) is 0 Å². The Balaban J connectivity index is 1.76. The highest BCUT2D eigenvalue weighted by molar-refractivity contribution is 9.10. The van der Waals surface area contributed by atoms with E-state index in [0.717, 1.165) is 21.5 Å². The molecule has 0 fully saturated rings. The fourth-order valence-corrected chi connectivity index (χ4v) is 3.87. The summed E-state index contributed by atoms with van der Waals surface area (Å²) in [5, 5.41) is 2.36. The van der Waals surface area contributed by atoms with Crippen LogP contribution < -0.4 is 4.74 Å². The molecule has 0 saturated carbocycles. The predicted octanol–water partition coefficient (Wildman–Crippen LogP) is 7.04. The molecule has 0 saturated heterocycles. The Morgan fingerprint density at radius 1 is 0.625 bits per heavy atom. The molecular weight excluding hydrogens is 360 g/mol. The van der Waals surface area contributed by atoms with Gasteiger partial charge in [0.2, 0.25) is 0 Å². The molecule has 0 amide bonds. The van der Waals surface area contributed by atoms with Crippen LogP contribution in [-0.4, -0.2) is 0 Å². The second-order valence-electron chi connectivity index (χ2n) is 5.95. The lowest BCUT2D eigenvalue weighted by Crippen LogP contribution is -1.97. The molecule has 0 N–H and O–H groups in total. The van der Waals surface area contributed by atoms with Gasteiger partial charge in [-0.25, -0.2) is 0 Å². The van der Waals surface area contributed by atoms with E-state index in [1.807, 2.05) is 18.2 Å². The summed E-state index contributed by atoms with van der Waals surface area (Å²) < 4.78 is 7.34. The van der Waals surface area contributed by atoms with Gasteiger partial charge in [0.25, 0.3) is 0 Å². The highest BCUT2D eigenvalue weighted by atomic mass is 79.9. The first kappa shape index (κ1) is 13.8. The van der Waals surface area contributed by atoms with Crippen LogP contribution in [0, 0.1) is 0 Å². The summed E-state index contributed by atoms with van der Waals surface area (Å²) in [6, 6.07) is 27.3. The van der Waals surface area contributed by atoms with E-state index in [1.54, 1.807) is 0 Å². The summed E-state index contributed by atoms with van der Waals surface area (Å²) in [5.74, 6) is 1.83. The summed E-state index contributed by atoms with van der Waals surface area (Å²) in [5.41, 5.74) is 4.74. The lowest BCUT2D eigenvalue weighted by Gasteiger charge is -2.22. The van der Waals surface area contributed by atoms with E-state index in [9.17, 15) is 0 Å². The summed E-state index contributed by atoms with van der Waals surface area (Å²) >= 11 is 3.65. The minimum absolute atomic E-state index is 0.915. The number of rotatable bonds is 1. The SMILES string of the molecule is Brc1ccc2c3c(cccc13)-c1ccc(-c3ccccc3)cc1O2. The number of benzene rings is 4. The van der Waals surface area contributed by atoms with Crippen LogP contribution in [0.25, 0.3) is 33.0 Å². The molecule has 114 valence electrons. The van der Waals surface area contributed by atoms with Crippen molar-refractivity contribution in [1.29, 1.82) is 0 Å². The highest BCUT2D eigenvalue weighted by Crippen LogP contribution is 2.48. The van der Waals surface area contributed by atoms with E-state index in [1.165, 1.54) is 27.5 Å². The van der Waals surface area contributed by atoms with E-state index in [-0.39, 0.29) is 0 Å². The second-order valence-corrected chi connectivity index (χ2v) is 6.81. The lowest BCUT2D eigenvalue weighted by molar-refractivity contribution is 0.487. The Morgan fingerprint density at radius 2 is 1.50 bits per heavy atom. The maximum Gasteiger partial charge on any atom is 0.135 e. The maximum absolute atomic E-state index is 6.25. The minimum atomic E-state index is 0.915. The molecule has 24 heavy (non-hydrogen) atoms. The van der Waals surface area contributed by atoms with Crippen LogP contribution in [-0.2, 0) is 0 Å². The molecule has 1 nitrogen and oxygen atoms in total. The molecular formula is C22H13BrO. The standard InChI is InChI=1S/C22H13BrO/c23-19-11-12-20-22-17(7-4-8-18(19)22)16-10-9-15(13-21(16)24-20)14-5-2-1-3-6-14/h1-13H. The third-order valence-electron chi connectivity index (χ3n) is 4.55. The van der Waals surface area contributed by atoms with Gasteiger partial charge in [0, 0.05) is 20.8 Å². The van der Waals surface area contributed by atoms with E-state index < -0.39 is 0 Å². The monoisotopic (exact) mass is 372 g/mol. The molecule has 0 radical (unpaired) electrons. The topological polar surface area (TPSA) is 9.23 Å². The normalized spacial score (nSPS) is 11.9. The average molecular weight is 373 g/mol. The lowest BCUT2D eigenvalue weighted by atomic mass is 9.93. The third-order valence-corrected chi connectivity index (χ3v) is 5.24. The van der Waals surface area contributed by atoms with Gasteiger partial charge in [-0.1, -0.05) is 70.5 Å². The van der Waals surface area contributed by atoms with E-state index in [2.05, 4.69) is 76.6 Å². The van der Waals surface area contributed by atoms with Gasteiger partial charge in [0.1, 0.15) is 11.5 Å². The van der Waals surface area contributed by atoms with Gasteiger partial charge in [-0.2, -0.15) is 0 Å². The van der Waals surface area contributed by atoms with Crippen molar-refractivity contribution in [3.63, 3.8) is 0 Å². The quantitative estimate of drug-likeness (QED) is 0.306. The smallest absolute Gasteiger partial charge is 0.135 e. The van der Waals surface area contributed by atoms with Crippen molar-refractivity contribution in [2.75, 3.05) is 0 Å². The molecule has 4 aromatic carbocycles. The van der Waals surface area contributed by atoms with Crippen LogP contribution in [0.2, 0.25) is 0 Å². The van der Waals surface area contributed by atoms with Gasteiger partial charge in [0.15, 0.2) is 0 Å². The van der Waals surface area contributed by atoms with Crippen molar-refractivity contribution in [1.82, 2.24) is 0 Å². The van der Waals surface area contributed by atoms with Gasteiger partial charge in [-0.05, 0) is 41.0 Å². The van der Waals surface area contributed by atoms with Crippen molar-refractivity contribution >= 4 is 26.7 Å².